The topological polar surface area (TPSA) is 20.3 Å². The van der Waals surface area contributed by atoms with Gasteiger partial charge in [-0.3, -0.25) is 4.79 Å². The van der Waals surface area contributed by atoms with Crippen LogP contribution in [0.5, 0.6) is 0 Å². The van der Waals surface area contributed by atoms with Crippen LogP contribution < -0.4 is 0 Å². The van der Waals surface area contributed by atoms with Crippen LogP contribution in [0.3, 0.4) is 0 Å². The lowest BCUT2D eigenvalue weighted by Gasteiger charge is -2.57. The molecule has 1 unspecified atom stereocenters. The Labute approximate surface area is 127 Å². The lowest BCUT2D eigenvalue weighted by molar-refractivity contribution is -0.140. The monoisotopic (exact) mass is 295 g/mol. The predicted octanol–water partition coefficient (Wildman–Crippen LogP) is 3.82. The van der Waals surface area contributed by atoms with E-state index in [4.69, 9.17) is 11.6 Å². The number of halogens is 1. The zero-order valence-electron chi connectivity index (χ0n) is 12.3. The molecule has 2 nitrogen and oxygen atoms in total. The van der Waals surface area contributed by atoms with Crippen LogP contribution in [0.2, 0.25) is 0 Å². The number of likely N-dealkylation sites (tertiary alicyclic amines) is 1. The van der Waals surface area contributed by atoms with Crippen LogP contribution in [0.25, 0.3) is 0 Å². The largest absolute Gasteiger partial charge is 0.341 e. The summed E-state index contributed by atoms with van der Waals surface area (Å²) < 4.78 is 0. The molecule has 5 aliphatic rings. The lowest BCUT2D eigenvalue weighted by Crippen LogP contribution is -2.49. The molecule has 4 bridgehead atoms. The van der Waals surface area contributed by atoms with Crippen LogP contribution in [-0.2, 0) is 4.79 Å². The first-order valence-corrected chi connectivity index (χ1v) is 8.97. The minimum atomic E-state index is 0.184. The fourth-order valence-corrected chi connectivity index (χ4v) is 6.41. The van der Waals surface area contributed by atoms with Crippen LogP contribution in [0.15, 0.2) is 0 Å². The fraction of sp³-hybridized carbons (Fsp3) is 0.941. The number of piperidine rings is 1. The van der Waals surface area contributed by atoms with E-state index < -0.39 is 0 Å². The third-order valence-electron chi connectivity index (χ3n) is 6.41. The summed E-state index contributed by atoms with van der Waals surface area (Å²) in [6.45, 7) is 1.72. The van der Waals surface area contributed by atoms with E-state index in [0.29, 0.717) is 11.3 Å². The number of rotatable bonds is 2. The van der Waals surface area contributed by atoms with E-state index in [1.807, 2.05) is 0 Å². The zero-order chi connectivity index (χ0) is 13.7. The van der Waals surface area contributed by atoms with Crippen molar-refractivity contribution in [1.82, 2.24) is 4.90 Å². The van der Waals surface area contributed by atoms with Gasteiger partial charge in [-0.25, -0.2) is 0 Å². The smallest absolute Gasteiger partial charge is 0.223 e. The molecule has 4 saturated carbocycles. The standard InChI is InChI=1S/C17H26ClNO/c18-15-2-1-3-19(11-15)16(20)10-17-7-12-4-13(8-17)6-14(5-12)9-17/h12-15H,1-11H2. The van der Waals surface area contributed by atoms with Crippen molar-refractivity contribution in [3.8, 4) is 0 Å². The molecule has 1 amide bonds. The third kappa shape index (κ3) is 2.38. The fourth-order valence-electron chi connectivity index (χ4n) is 6.09. The van der Waals surface area contributed by atoms with E-state index >= 15 is 0 Å². The summed E-state index contributed by atoms with van der Waals surface area (Å²) >= 11 is 6.24. The van der Waals surface area contributed by atoms with Crippen LogP contribution in [0.1, 0.15) is 57.8 Å². The molecule has 112 valence electrons. The van der Waals surface area contributed by atoms with E-state index in [0.717, 1.165) is 50.1 Å². The maximum atomic E-state index is 12.7. The summed E-state index contributed by atoms with van der Waals surface area (Å²) in [5.74, 6) is 3.22. The minimum absolute atomic E-state index is 0.184. The number of carbonyl (C=O) groups is 1. The van der Waals surface area contributed by atoms with Gasteiger partial charge in [-0.15, -0.1) is 11.6 Å². The Hall–Kier alpha value is -0.240. The molecule has 0 aromatic rings. The van der Waals surface area contributed by atoms with Gasteiger partial charge in [-0.05, 0) is 74.5 Å². The molecule has 20 heavy (non-hydrogen) atoms. The number of amides is 1. The zero-order valence-corrected chi connectivity index (χ0v) is 13.1. The molecule has 0 N–H and O–H groups in total. The van der Waals surface area contributed by atoms with Crippen LogP contribution >= 0.6 is 11.6 Å². The molecule has 1 saturated heterocycles. The summed E-state index contributed by atoms with van der Waals surface area (Å²) in [7, 11) is 0. The Morgan fingerprint density at radius 3 is 2.25 bits per heavy atom. The number of hydrogen-bond donors (Lipinski definition) is 0. The van der Waals surface area contributed by atoms with Crippen molar-refractivity contribution in [2.45, 2.75) is 63.2 Å². The first-order valence-electron chi connectivity index (χ1n) is 8.54. The minimum Gasteiger partial charge on any atom is -0.341 e. The second-order valence-corrected chi connectivity index (χ2v) is 8.79. The second-order valence-electron chi connectivity index (χ2n) is 8.17. The number of carbonyl (C=O) groups excluding carboxylic acids is 1. The van der Waals surface area contributed by atoms with Crippen molar-refractivity contribution in [1.29, 1.82) is 0 Å². The number of hydrogen-bond acceptors (Lipinski definition) is 1. The molecule has 1 heterocycles. The van der Waals surface area contributed by atoms with Gasteiger partial charge in [0.2, 0.25) is 5.91 Å². The van der Waals surface area contributed by atoms with Crippen LogP contribution in [0, 0.1) is 23.2 Å². The molecule has 5 fully saturated rings. The Balaban J connectivity index is 1.44. The molecule has 1 atom stereocenters. The molecule has 0 spiro atoms. The first kappa shape index (κ1) is 13.4. The van der Waals surface area contributed by atoms with Gasteiger partial charge in [0.25, 0.3) is 0 Å². The van der Waals surface area contributed by atoms with Gasteiger partial charge in [0.05, 0.1) is 5.38 Å². The maximum Gasteiger partial charge on any atom is 0.223 e. The highest BCUT2D eigenvalue weighted by atomic mass is 35.5. The summed E-state index contributed by atoms with van der Waals surface area (Å²) in [4.78, 5) is 14.8. The Morgan fingerprint density at radius 1 is 1.10 bits per heavy atom. The van der Waals surface area contributed by atoms with E-state index in [-0.39, 0.29) is 5.38 Å². The van der Waals surface area contributed by atoms with Gasteiger partial charge < -0.3 is 4.90 Å². The van der Waals surface area contributed by atoms with Gasteiger partial charge in [-0.2, -0.15) is 0 Å². The normalized spacial score (nSPS) is 46.8. The van der Waals surface area contributed by atoms with Crippen molar-refractivity contribution in [3.05, 3.63) is 0 Å². The molecule has 3 heteroatoms. The summed E-state index contributed by atoms with van der Waals surface area (Å²) in [6.07, 6.45) is 11.4. The van der Waals surface area contributed by atoms with Gasteiger partial charge in [0, 0.05) is 19.5 Å². The second kappa shape index (κ2) is 4.90. The highest BCUT2D eigenvalue weighted by Gasteiger charge is 2.51. The van der Waals surface area contributed by atoms with Crippen molar-refractivity contribution in [2.75, 3.05) is 13.1 Å². The van der Waals surface area contributed by atoms with Gasteiger partial charge in [0.15, 0.2) is 0 Å². The van der Waals surface area contributed by atoms with E-state index in [2.05, 4.69) is 4.90 Å². The number of alkyl halides is 1. The maximum absolute atomic E-state index is 12.7. The number of nitrogens with zero attached hydrogens (tertiary/aromatic N) is 1. The molecule has 0 radical (unpaired) electrons. The summed E-state index contributed by atoms with van der Waals surface area (Å²) in [5, 5.41) is 0.184. The Kier molecular flexibility index (Phi) is 3.29. The van der Waals surface area contributed by atoms with Crippen LogP contribution in [-0.4, -0.2) is 29.3 Å². The molecule has 4 aliphatic carbocycles. The lowest BCUT2D eigenvalue weighted by atomic mass is 9.49. The Morgan fingerprint density at radius 2 is 1.70 bits per heavy atom. The van der Waals surface area contributed by atoms with Gasteiger partial charge >= 0.3 is 0 Å². The summed E-state index contributed by atoms with van der Waals surface area (Å²) in [5.41, 5.74) is 0.380. The van der Waals surface area contributed by atoms with Crippen LogP contribution in [0.4, 0.5) is 0 Å². The predicted molar refractivity (Wildman–Crippen MR) is 80.7 cm³/mol. The molecule has 5 rings (SSSR count). The molecule has 0 aromatic heterocycles. The SMILES string of the molecule is O=C(CC12CC3CC(CC(C3)C1)C2)N1CCCC(Cl)C1. The average molecular weight is 296 g/mol. The first-order chi connectivity index (χ1) is 9.62. The molecular formula is C17H26ClNO. The van der Waals surface area contributed by atoms with E-state index in [1.165, 1.54) is 38.5 Å². The highest BCUT2D eigenvalue weighted by Crippen LogP contribution is 2.61. The van der Waals surface area contributed by atoms with Crippen molar-refractivity contribution in [2.24, 2.45) is 23.2 Å². The Bertz CT molecular complexity index is 373. The van der Waals surface area contributed by atoms with Crippen molar-refractivity contribution < 1.29 is 4.79 Å². The van der Waals surface area contributed by atoms with Crippen molar-refractivity contribution >= 4 is 17.5 Å². The third-order valence-corrected chi connectivity index (χ3v) is 6.76. The molecule has 1 aliphatic heterocycles. The summed E-state index contributed by atoms with van der Waals surface area (Å²) in [6, 6.07) is 0. The van der Waals surface area contributed by atoms with E-state index in [9.17, 15) is 4.79 Å². The molecule has 0 aromatic carbocycles. The van der Waals surface area contributed by atoms with E-state index in [1.54, 1.807) is 0 Å². The van der Waals surface area contributed by atoms with Gasteiger partial charge in [0.1, 0.15) is 0 Å². The molecular weight excluding hydrogens is 270 g/mol. The van der Waals surface area contributed by atoms with Gasteiger partial charge in [-0.1, -0.05) is 0 Å². The quantitative estimate of drug-likeness (QED) is 0.709. The average Bonchev–Trinajstić information content (AvgIpc) is 2.36. The van der Waals surface area contributed by atoms with Crippen molar-refractivity contribution in [3.63, 3.8) is 0 Å². The highest BCUT2D eigenvalue weighted by molar-refractivity contribution is 6.20.